The van der Waals surface area contributed by atoms with Crippen LogP contribution in [0.15, 0.2) is 24.4 Å². The molecule has 0 atom stereocenters. The molecule has 9 heteroatoms. The zero-order valence-corrected chi connectivity index (χ0v) is 11.9. The van der Waals surface area contributed by atoms with Gasteiger partial charge < -0.3 is 0 Å². The van der Waals surface area contributed by atoms with Crippen molar-refractivity contribution >= 4 is 5.78 Å². The third kappa shape index (κ3) is 3.38. The minimum atomic E-state index is -4.94. The summed E-state index contributed by atoms with van der Waals surface area (Å²) in [4.78, 5) is 11.3. The van der Waals surface area contributed by atoms with Crippen LogP contribution >= 0.6 is 0 Å². The van der Waals surface area contributed by atoms with Crippen LogP contribution in [0.1, 0.15) is 34.1 Å². The van der Waals surface area contributed by atoms with Gasteiger partial charge in [-0.15, -0.1) is 0 Å². The van der Waals surface area contributed by atoms with Crippen LogP contribution in [0, 0.1) is 6.92 Å². The van der Waals surface area contributed by atoms with Crippen LogP contribution in [0.2, 0.25) is 0 Å². The predicted octanol–water partition coefficient (Wildman–Crippen LogP) is 4.42. The van der Waals surface area contributed by atoms with Gasteiger partial charge in [0.25, 0.3) is 0 Å². The maximum Gasteiger partial charge on any atom is 0.416 e. The highest BCUT2D eigenvalue weighted by atomic mass is 19.4. The van der Waals surface area contributed by atoms with Crippen LogP contribution in [0.4, 0.5) is 26.3 Å². The minimum Gasteiger partial charge on any atom is -0.294 e. The van der Waals surface area contributed by atoms with E-state index < -0.39 is 35.0 Å². The summed E-state index contributed by atoms with van der Waals surface area (Å²) >= 11 is 0. The zero-order valence-electron chi connectivity index (χ0n) is 11.9. The van der Waals surface area contributed by atoms with Gasteiger partial charge in [-0.25, -0.2) is 4.68 Å². The zero-order chi connectivity index (χ0) is 17.6. The number of hydrogen-bond donors (Lipinski definition) is 0. The Kier molecular flexibility index (Phi) is 4.00. The van der Waals surface area contributed by atoms with Crippen molar-refractivity contribution in [2.75, 3.05) is 0 Å². The van der Waals surface area contributed by atoms with Crippen molar-refractivity contribution in [2.24, 2.45) is 0 Å². The summed E-state index contributed by atoms with van der Waals surface area (Å²) in [7, 11) is 0. The predicted molar refractivity (Wildman–Crippen MR) is 68.3 cm³/mol. The average molecular weight is 336 g/mol. The fraction of sp³-hybridized carbons (Fsp3) is 0.286. The van der Waals surface area contributed by atoms with E-state index in [1.54, 1.807) is 0 Å². The molecule has 124 valence electrons. The Morgan fingerprint density at radius 1 is 1.00 bits per heavy atom. The average Bonchev–Trinajstić information content (AvgIpc) is 2.78. The molecule has 1 aromatic heterocycles. The summed E-state index contributed by atoms with van der Waals surface area (Å²) in [5, 5.41) is 3.71. The molecule has 0 unspecified atom stereocenters. The van der Waals surface area contributed by atoms with Crippen molar-refractivity contribution in [3.05, 3.63) is 46.8 Å². The molecule has 0 amide bonds. The molecule has 0 N–H and O–H groups in total. The Morgan fingerprint density at radius 3 is 1.83 bits per heavy atom. The third-order valence-corrected chi connectivity index (χ3v) is 3.21. The summed E-state index contributed by atoms with van der Waals surface area (Å²) < 4.78 is 77.9. The standard InChI is InChI=1S/C14H10F6N2O/c1-7-12(8(2)23)6-21-22(7)11-4-9(13(15,16)17)3-10(5-11)14(18,19)20/h3-6H,1-2H3. The minimum absolute atomic E-state index is 0.0359. The molecule has 0 fully saturated rings. The van der Waals surface area contributed by atoms with E-state index in [2.05, 4.69) is 5.10 Å². The topological polar surface area (TPSA) is 34.9 Å². The smallest absolute Gasteiger partial charge is 0.294 e. The van der Waals surface area contributed by atoms with Gasteiger partial charge in [0.15, 0.2) is 5.78 Å². The molecule has 23 heavy (non-hydrogen) atoms. The van der Waals surface area contributed by atoms with Crippen LogP contribution in [0.3, 0.4) is 0 Å². The summed E-state index contributed by atoms with van der Waals surface area (Å²) in [5.41, 5.74) is -3.03. The SMILES string of the molecule is CC(=O)c1cnn(-c2cc(C(F)(F)F)cc(C(F)(F)F)c2)c1C. The van der Waals surface area contributed by atoms with Crippen molar-refractivity contribution < 1.29 is 31.1 Å². The Morgan fingerprint density at radius 2 is 1.48 bits per heavy atom. The molecular weight excluding hydrogens is 326 g/mol. The van der Waals surface area contributed by atoms with Crippen molar-refractivity contribution in [3.8, 4) is 5.69 Å². The molecule has 0 saturated heterocycles. The molecule has 0 aliphatic heterocycles. The summed E-state index contributed by atoms with van der Waals surface area (Å²) in [6.07, 6.45) is -8.79. The van der Waals surface area contributed by atoms with Gasteiger partial charge in [0.2, 0.25) is 0 Å². The van der Waals surface area contributed by atoms with Crippen LogP contribution in [0.5, 0.6) is 0 Å². The molecule has 0 saturated carbocycles. The fourth-order valence-electron chi connectivity index (χ4n) is 2.08. The van der Waals surface area contributed by atoms with Gasteiger partial charge in [-0.05, 0) is 32.0 Å². The van der Waals surface area contributed by atoms with Gasteiger partial charge in [-0.2, -0.15) is 31.4 Å². The van der Waals surface area contributed by atoms with E-state index in [0.29, 0.717) is 12.1 Å². The van der Waals surface area contributed by atoms with E-state index in [0.717, 1.165) is 10.9 Å². The second kappa shape index (κ2) is 5.39. The van der Waals surface area contributed by atoms with Crippen molar-refractivity contribution in [3.63, 3.8) is 0 Å². The van der Waals surface area contributed by atoms with Crippen molar-refractivity contribution in [1.82, 2.24) is 9.78 Å². The number of aromatic nitrogens is 2. The fourth-order valence-corrected chi connectivity index (χ4v) is 2.08. The van der Waals surface area contributed by atoms with E-state index in [1.807, 2.05) is 0 Å². The molecule has 2 aromatic rings. The maximum absolute atomic E-state index is 12.8. The Balaban J connectivity index is 2.70. The normalized spacial score (nSPS) is 12.5. The number of rotatable bonds is 2. The van der Waals surface area contributed by atoms with Crippen LogP contribution in [-0.2, 0) is 12.4 Å². The summed E-state index contributed by atoms with van der Waals surface area (Å²) in [6, 6.07) is 1.15. The van der Waals surface area contributed by atoms with Crippen LogP contribution in [0.25, 0.3) is 5.69 Å². The van der Waals surface area contributed by atoms with E-state index in [1.165, 1.54) is 13.8 Å². The molecule has 0 aliphatic carbocycles. The molecule has 1 aromatic carbocycles. The largest absolute Gasteiger partial charge is 0.416 e. The summed E-state index contributed by atoms with van der Waals surface area (Å²) in [5.74, 6) is -0.392. The number of hydrogen-bond acceptors (Lipinski definition) is 2. The highest BCUT2D eigenvalue weighted by Crippen LogP contribution is 2.37. The first-order chi connectivity index (χ1) is 10.4. The number of ketones is 1. The second-order valence-corrected chi connectivity index (χ2v) is 4.88. The molecule has 2 rings (SSSR count). The van der Waals surface area contributed by atoms with Crippen molar-refractivity contribution in [2.45, 2.75) is 26.2 Å². The molecule has 1 heterocycles. The monoisotopic (exact) mass is 336 g/mol. The van der Waals surface area contributed by atoms with Gasteiger partial charge in [0, 0.05) is 0 Å². The third-order valence-electron chi connectivity index (χ3n) is 3.21. The van der Waals surface area contributed by atoms with E-state index in [9.17, 15) is 31.1 Å². The number of halogens is 6. The van der Waals surface area contributed by atoms with E-state index >= 15 is 0 Å². The number of nitrogens with zero attached hydrogens (tertiary/aromatic N) is 2. The number of benzene rings is 1. The Hall–Kier alpha value is -2.32. The number of alkyl halides is 6. The molecule has 0 bridgehead atoms. The van der Waals surface area contributed by atoms with E-state index in [-0.39, 0.29) is 17.3 Å². The first kappa shape index (κ1) is 17.0. The number of carbonyl (C=O) groups excluding carboxylic acids is 1. The Labute approximate surface area is 126 Å². The van der Waals surface area contributed by atoms with Gasteiger partial charge in [-0.1, -0.05) is 0 Å². The van der Waals surface area contributed by atoms with Gasteiger partial charge >= 0.3 is 12.4 Å². The molecule has 3 nitrogen and oxygen atoms in total. The lowest BCUT2D eigenvalue weighted by Crippen LogP contribution is -2.13. The lowest BCUT2D eigenvalue weighted by atomic mass is 10.1. The van der Waals surface area contributed by atoms with Crippen LogP contribution in [-0.4, -0.2) is 15.6 Å². The van der Waals surface area contributed by atoms with Gasteiger partial charge in [0.1, 0.15) is 0 Å². The first-order valence-corrected chi connectivity index (χ1v) is 6.26. The molecule has 0 radical (unpaired) electrons. The maximum atomic E-state index is 12.8. The highest BCUT2D eigenvalue weighted by Gasteiger charge is 2.37. The van der Waals surface area contributed by atoms with E-state index in [4.69, 9.17) is 0 Å². The number of carbonyl (C=O) groups is 1. The Bertz CT molecular complexity index is 725. The van der Waals surface area contributed by atoms with Crippen molar-refractivity contribution in [1.29, 1.82) is 0 Å². The van der Waals surface area contributed by atoms with Gasteiger partial charge in [-0.3, -0.25) is 4.79 Å². The van der Waals surface area contributed by atoms with Crippen LogP contribution < -0.4 is 0 Å². The highest BCUT2D eigenvalue weighted by molar-refractivity contribution is 5.95. The summed E-state index contributed by atoms with van der Waals surface area (Å²) in [6.45, 7) is 2.61. The lowest BCUT2D eigenvalue weighted by molar-refractivity contribution is -0.143. The quantitative estimate of drug-likeness (QED) is 0.601. The number of Topliss-reactive ketones (excluding diaryl/α,β-unsaturated/α-hetero) is 1. The molecule has 0 aliphatic rings. The lowest BCUT2D eigenvalue weighted by Gasteiger charge is -2.15. The van der Waals surface area contributed by atoms with Gasteiger partial charge in [0.05, 0.1) is 34.3 Å². The second-order valence-electron chi connectivity index (χ2n) is 4.88. The first-order valence-electron chi connectivity index (χ1n) is 6.26. The molecular formula is C14H10F6N2O. The molecule has 0 spiro atoms.